The molecule has 0 aliphatic heterocycles. The molecule has 2 rings (SSSR count). The number of nitrogens with one attached hydrogen (secondary N) is 2. The number of carbonyl (C=O) groups is 1. The van der Waals surface area contributed by atoms with Crippen LogP contribution in [0.4, 0.5) is 0 Å². The normalized spacial score (nSPS) is 10.6. The van der Waals surface area contributed by atoms with Crippen molar-refractivity contribution in [3.05, 3.63) is 51.3 Å². The standard InChI is InChI=1S/C14H15Cl2N3O/c1-9-10(8-18-19-9)3-2-4-17-14(20)11-5-12(15)7-13(16)6-11/h5-8H,2-4H2,1H3,(H,17,20)(H,18,19). The Hall–Kier alpha value is -1.52. The molecule has 1 amide bonds. The first-order valence-electron chi connectivity index (χ1n) is 6.29. The number of aryl methyl sites for hydroxylation is 2. The minimum Gasteiger partial charge on any atom is -0.352 e. The Morgan fingerprint density at radius 1 is 1.30 bits per heavy atom. The van der Waals surface area contributed by atoms with Gasteiger partial charge in [-0.25, -0.2) is 0 Å². The third-order valence-electron chi connectivity index (χ3n) is 2.97. The molecule has 0 radical (unpaired) electrons. The predicted molar refractivity (Wildman–Crippen MR) is 80.4 cm³/mol. The monoisotopic (exact) mass is 311 g/mol. The second-order valence-corrected chi connectivity index (χ2v) is 5.41. The zero-order valence-electron chi connectivity index (χ0n) is 11.0. The van der Waals surface area contributed by atoms with Crippen molar-refractivity contribution < 1.29 is 4.79 Å². The summed E-state index contributed by atoms with van der Waals surface area (Å²) in [6.07, 6.45) is 3.53. The second-order valence-electron chi connectivity index (χ2n) is 4.54. The van der Waals surface area contributed by atoms with Crippen molar-refractivity contribution >= 4 is 29.1 Å². The van der Waals surface area contributed by atoms with Gasteiger partial charge in [-0.3, -0.25) is 9.89 Å². The molecule has 1 aromatic heterocycles. The zero-order valence-corrected chi connectivity index (χ0v) is 12.6. The number of amides is 1. The molecule has 0 atom stereocenters. The second kappa shape index (κ2) is 6.77. The van der Waals surface area contributed by atoms with Crippen LogP contribution in [0.2, 0.25) is 10.0 Å². The minimum atomic E-state index is -0.168. The van der Waals surface area contributed by atoms with Crippen LogP contribution in [0.1, 0.15) is 28.0 Å². The molecule has 0 unspecified atom stereocenters. The number of hydrogen-bond donors (Lipinski definition) is 2. The molecule has 0 bridgehead atoms. The van der Waals surface area contributed by atoms with Crippen LogP contribution in [-0.4, -0.2) is 22.6 Å². The highest BCUT2D eigenvalue weighted by molar-refractivity contribution is 6.35. The van der Waals surface area contributed by atoms with Gasteiger partial charge in [-0.2, -0.15) is 5.10 Å². The van der Waals surface area contributed by atoms with E-state index < -0.39 is 0 Å². The maximum atomic E-state index is 11.9. The van der Waals surface area contributed by atoms with Crippen molar-refractivity contribution in [2.75, 3.05) is 6.54 Å². The Labute approximate surface area is 127 Å². The molecule has 1 aromatic carbocycles. The van der Waals surface area contributed by atoms with E-state index in [0.29, 0.717) is 22.2 Å². The lowest BCUT2D eigenvalue weighted by atomic mass is 10.1. The number of H-pyrrole nitrogens is 1. The molecule has 4 nitrogen and oxygen atoms in total. The lowest BCUT2D eigenvalue weighted by molar-refractivity contribution is 0.0953. The summed E-state index contributed by atoms with van der Waals surface area (Å²) in [5.41, 5.74) is 2.71. The molecular formula is C14H15Cl2N3O. The van der Waals surface area contributed by atoms with E-state index in [0.717, 1.165) is 18.5 Å². The van der Waals surface area contributed by atoms with Gasteiger partial charge in [-0.15, -0.1) is 0 Å². The van der Waals surface area contributed by atoms with E-state index >= 15 is 0 Å². The maximum absolute atomic E-state index is 11.9. The quantitative estimate of drug-likeness (QED) is 0.832. The van der Waals surface area contributed by atoms with Crippen LogP contribution in [0, 0.1) is 6.92 Å². The Morgan fingerprint density at radius 3 is 2.60 bits per heavy atom. The summed E-state index contributed by atoms with van der Waals surface area (Å²) < 4.78 is 0. The molecule has 0 aliphatic carbocycles. The average Bonchev–Trinajstić information content (AvgIpc) is 2.79. The lowest BCUT2D eigenvalue weighted by Crippen LogP contribution is -2.24. The Morgan fingerprint density at radius 2 is 2.00 bits per heavy atom. The smallest absolute Gasteiger partial charge is 0.251 e. The summed E-state index contributed by atoms with van der Waals surface area (Å²) in [5, 5.41) is 10.6. The van der Waals surface area contributed by atoms with Gasteiger partial charge in [-0.1, -0.05) is 23.2 Å². The van der Waals surface area contributed by atoms with E-state index in [2.05, 4.69) is 15.5 Å². The molecule has 106 valence electrons. The van der Waals surface area contributed by atoms with Crippen LogP contribution in [0.5, 0.6) is 0 Å². The summed E-state index contributed by atoms with van der Waals surface area (Å²) in [7, 11) is 0. The molecule has 2 N–H and O–H groups in total. The molecule has 0 saturated heterocycles. The Bertz CT molecular complexity index is 590. The summed E-state index contributed by atoms with van der Waals surface area (Å²) in [5.74, 6) is -0.168. The summed E-state index contributed by atoms with van der Waals surface area (Å²) in [6, 6.07) is 4.80. The van der Waals surface area contributed by atoms with E-state index in [-0.39, 0.29) is 5.91 Å². The molecule has 6 heteroatoms. The van der Waals surface area contributed by atoms with Gasteiger partial charge in [0, 0.05) is 27.8 Å². The Balaban J connectivity index is 1.82. The molecule has 20 heavy (non-hydrogen) atoms. The van der Waals surface area contributed by atoms with Crippen molar-refractivity contribution in [2.24, 2.45) is 0 Å². The number of halogens is 2. The van der Waals surface area contributed by atoms with Crippen LogP contribution in [0.3, 0.4) is 0 Å². The number of benzene rings is 1. The average molecular weight is 312 g/mol. The molecule has 2 aromatic rings. The first-order valence-corrected chi connectivity index (χ1v) is 7.05. The van der Waals surface area contributed by atoms with E-state index in [1.54, 1.807) is 18.2 Å². The topological polar surface area (TPSA) is 57.8 Å². The lowest BCUT2D eigenvalue weighted by Gasteiger charge is -2.06. The van der Waals surface area contributed by atoms with Crippen molar-refractivity contribution in [3.63, 3.8) is 0 Å². The van der Waals surface area contributed by atoms with Gasteiger partial charge in [0.1, 0.15) is 0 Å². The van der Waals surface area contributed by atoms with Crippen LogP contribution < -0.4 is 5.32 Å². The van der Waals surface area contributed by atoms with Gasteiger partial charge in [-0.05, 0) is 43.5 Å². The van der Waals surface area contributed by atoms with Crippen molar-refractivity contribution in [2.45, 2.75) is 19.8 Å². The fourth-order valence-electron chi connectivity index (χ4n) is 1.90. The van der Waals surface area contributed by atoms with Crippen LogP contribution in [0.25, 0.3) is 0 Å². The van der Waals surface area contributed by atoms with Gasteiger partial charge < -0.3 is 5.32 Å². The summed E-state index contributed by atoms with van der Waals surface area (Å²) in [4.78, 5) is 11.9. The van der Waals surface area contributed by atoms with Crippen molar-refractivity contribution in [1.82, 2.24) is 15.5 Å². The first-order chi connectivity index (χ1) is 9.56. The van der Waals surface area contributed by atoms with Gasteiger partial charge >= 0.3 is 0 Å². The molecule has 0 fully saturated rings. The highest BCUT2D eigenvalue weighted by atomic mass is 35.5. The third kappa shape index (κ3) is 3.99. The minimum absolute atomic E-state index is 0.168. The number of carbonyl (C=O) groups excluding carboxylic acids is 1. The largest absolute Gasteiger partial charge is 0.352 e. The summed E-state index contributed by atoms with van der Waals surface area (Å²) in [6.45, 7) is 2.57. The molecule has 0 aliphatic rings. The fourth-order valence-corrected chi connectivity index (χ4v) is 2.42. The van der Waals surface area contributed by atoms with Gasteiger partial charge in [0.25, 0.3) is 5.91 Å². The predicted octanol–water partition coefficient (Wildman–Crippen LogP) is 3.39. The van der Waals surface area contributed by atoms with Gasteiger partial charge in [0.05, 0.1) is 6.20 Å². The molecule has 0 saturated carbocycles. The molecule has 1 heterocycles. The van der Waals surface area contributed by atoms with E-state index in [1.165, 1.54) is 5.56 Å². The number of hydrogen-bond acceptors (Lipinski definition) is 2. The fraction of sp³-hybridized carbons (Fsp3) is 0.286. The highest BCUT2D eigenvalue weighted by Crippen LogP contribution is 2.18. The number of aromatic nitrogens is 2. The maximum Gasteiger partial charge on any atom is 0.251 e. The van der Waals surface area contributed by atoms with Gasteiger partial charge in [0.15, 0.2) is 0 Å². The van der Waals surface area contributed by atoms with Crippen LogP contribution in [0.15, 0.2) is 24.4 Å². The van der Waals surface area contributed by atoms with Crippen molar-refractivity contribution in [1.29, 1.82) is 0 Å². The molecular weight excluding hydrogens is 297 g/mol. The zero-order chi connectivity index (χ0) is 14.5. The first kappa shape index (κ1) is 14.9. The number of aromatic amines is 1. The van der Waals surface area contributed by atoms with Gasteiger partial charge in [0.2, 0.25) is 0 Å². The third-order valence-corrected chi connectivity index (χ3v) is 3.40. The van der Waals surface area contributed by atoms with Crippen LogP contribution >= 0.6 is 23.2 Å². The Kier molecular flexibility index (Phi) is 5.04. The van der Waals surface area contributed by atoms with E-state index in [9.17, 15) is 4.79 Å². The molecule has 0 spiro atoms. The number of rotatable bonds is 5. The van der Waals surface area contributed by atoms with E-state index in [4.69, 9.17) is 23.2 Å². The highest BCUT2D eigenvalue weighted by Gasteiger charge is 2.07. The van der Waals surface area contributed by atoms with Crippen molar-refractivity contribution in [3.8, 4) is 0 Å². The van der Waals surface area contributed by atoms with Crippen LogP contribution in [-0.2, 0) is 6.42 Å². The number of nitrogens with zero attached hydrogens (tertiary/aromatic N) is 1. The SMILES string of the molecule is Cc1[nH]ncc1CCCNC(=O)c1cc(Cl)cc(Cl)c1. The van der Waals surface area contributed by atoms with E-state index in [1.807, 2.05) is 13.1 Å². The summed E-state index contributed by atoms with van der Waals surface area (Å²) >= 11 is 11.7.